The van der Waals surface area contributed by atoms with E-state index in [1.165, 1.54) is 89.9 Å². The number of unbranched alkanes of at least 4 members (excludes halogenated alkanes) is 16. The van der Waals surface area contributed by atoms with Crippen molar-refractivity contribution in [2.24, 2.45) is 0 Å². The van der Waals surface area contributed by atoms with Gasteiger partial charge in [0.15, 0.2) is 0 Å². The Labute approximate surface area is 278 Å². The average Bonchev–Trinajstić information content (AvgIpc) is 3.02. The molecule has 0 fully saturated rings. The summed E-state index contributed by atoms with van der Waals surface area (Å²) in [5.74, 6) is -0.911. The van der Waals surface area contributed by atoms with Crippen molar-refractivity contribution in [1.29, 1.82) is 0 Å². The molecule has 0 rings (SSSR count). The molecule has 0 aromatic heterocycles. The minimum absolute atomic E-state index is 0.135. The Morgan fingerprint density at radius 3 is 1.36 bits per heavy atom. The second kappa shape index (κ2) is 36.1. The zero-order chi connectivity index (χ0) is 32.9. The summed E-state index contributed by atoms with van der Waals surface area (Å²) in [4.78, 5) is 23.4. The predicted molar refractivity (Wildman–Crippen MR) is 195 cm³/mol. The van der Waals surface area contributed by atoms with Gasteiger partial charge in [0.25, 0.3) is 0 Å². The van der Waals surface area contributed by atoms with Gasteiger partial charge in [0.1, 0.15) is 6.10 Å². The second-order valence-corrected chi connectivity index (χ2v) is 12.4. The number of carboxylic acid groups (broad SMARTS) is 1. The van der Waals surface area contributed by atoms with Crippen molar-refractivity contribution < 1.29 is 19.4 Å². The Morgan fingerprint density at radius 2 is 0.911 bits per heavy atom. The van der Waals surface area contributed by atoms with E-state index in [4.69, 9.17) is 9.84 Å². The van der Waals surface area contributed by atoms with Crippen LogP contribution in [-0.4, -0.2) is 23.1 Å². The molecule has 0 aliphatic carbocycles. The van der Waals surface area contributed by atoms with Gasteiger partial charge in [-0.15, -0.1) is 0 Å². The molecule has 0 saturated heterocycles. The molecule has 0 aromatic rings. The topological polar surface area (TPSA) is 63.6 Å². The van der Waals surface area contributed by atoms with Crippen molar-refractivity contribution in [2.75, 3.05) is 0 Å². The maximum Gasteiger partial charge on any atom is 0.306 e. The third-order valence-corrected chi connectivity index (χ3v) is 7.99. The van der Waals surface area contributed by atoms with E-state index in [0.29, 0.717) is 19.3 Å². The molecule has 0 spiro atoms. The van der Waals surface area contributed by atoms with Gasteiger partial charge in [0, 0.05) is 12.8 Å². The molecule has 0 saturated carbocycles. The molecule has 0 amide bonds. The molecule has 45 heavy (non-hydrogen) atoms. The molecule has 1 N–H and O–H groups in total. The van der Waals surface area contributed by atoms with Crippen LogP contribution in [0.3, 0.4) is 0 Å². The molecule has 0 heterocycles. The van der Waals surface area contributed by atoms with Crippen LogP contribution in [-0.2, 0) is 14.3 Å². The fraction of sp³-hybridized carbons (Fsp3) is 0.707. The number of esters is 1. The van der Waals surface area contributed by atoms with Crippen molar-refractivity contribution >= 4 is 11.9 Å². The molecule has 0 aromatic carbocycles. The van der Waals surface area contributed by atoms with E-state index in [-0.39, 0.29) is 18.5 Å². The van der Waals surface area contributed by atoms with Crippen LogP contribution in [0, 0.1) is 0 Å². The van der Waals surface area contributed by atoms with E-state index in [1.807, 2.05) is 6.08 Å². The Hall–Kier alpha value is -2.36. The maximum atomic E-state index is 12.5. The van der Waals surface area contributed by atoms with Crippen LogP contribution >= 0.6 is 0 Å². The lowest BCUT2D eigenvalue weighted by Gasteiger charge is -2.14. The Balaban J connectivity index is 4.06. The Bertz CT molecular complexity index is 804. The van der Waals surface area contributed by atoms with Crippen molar-refractivity contribution in [1.82, 2.24) is 0 Å². The normalized spacial score (nSPS) is 12.9. The smallest absolute Gasteiger partial charge is 0.306 e. The highest BCUT2D eigenvalue weighted by atomic mass is 16.5. The minimum Gasteiger partial charge on any atom is -0.481 e. The van der Waals surface area contributed by atoms with Crippen molar-refractivity contribution in [3.63, 3.8) is 0 Å². The number of hydrogen-bond donors (Lipinski definition) is 1. The number of aliphatic carboxylic acids is 1. The Kier molecular flexibility index (Phi) is 34.2. The lowest BCUT2D eigenvalue weighted by molar-refractivity contribution is -0.147. The first-order valence-corrected chi connectivity index (χ1v) is 18.8. The number of carbonyl (C=O) groups excluding carboxylic acids is 1. The SMILES string of the molecule is CC/C=C\C/C=C\C/C=C\C/C=C\C/C=C\C(CCCCC(=O)O)OC(=O)CCCCCCCCCCCCCCCCCC. The summed E-state index contributed by atoms with van der Waals surface area (Å²) >= 11 is 0. The lowest BCUT2D eigenvalue weighted by Crippen LogP contribution is -2.16. The summed E-state index contributed by atoms with van der Waals surface area (Å²) in [5.41, 5.74) is 0. The summed E-state index contributed by atoms with van der Waals surface area (Å²) in [6, 6.07) is 0. The summed E-state index contributed by atoms with van der Waals surface area (Å²) in [6.45, 7) is 4.42. The van der Waals surface area contributed by atoms with Gasteiger partial charge in [0.2, 0.25) is 0 Å². The number of rotatable bonds is 33. The largest absolute Gasteiger partial charge is 0.481 e. The van der Waals surface area contributed by atoms with Gasteiger partial charge in [-0.3, -0.25) is 9.59 Å². The van der Waals surface area contributed by atoms with Gasteiger partial charge in [-0.2, -0.15) is 0 Å². The van der Waals surface area contributed by atoms with Gasteiger partial charge in [0.05, 0.1) is 0 Å². The van der Waals surface area contributed by atoms with Crippen LogP contribution < -0.4 is 0 Å². The highest BCUT2D eigenvalue weighted by Gasteiger charge is 2.12. The first-order valence-electron chi connectivity index (χ1n) is 18.8. The molecule has 258 valence electrons. The third kappa shape index (κ3) is 36.0. The predicted octanol–water partition coefficient (Wildman–Crippen LogP) is 12.9. The van der Waals surface area contributed by atoms with Crippen LogP contribution in [0.4, 0.5) is 0 Å². The second-order valence-electron chi connectivity index (χ2n) is 12.4. The van der Waals surface area contributed by atoms with E-state index in [9.17, 15) is 9.59 Å². The number of carboxylic acids is 1. The molecular formula is C41H70O4. The molecule has 1 atom stereocenters. The van der Waals surface area contributed by atoms with E-state index >= 15 is 0 Å². The van der Waals surface area contributed by atoms with Crippen LogP contribution in [0.15, 0.2) is 60.8 Å². The zero-order valence-corrected chi connectivity index (χ0v) is 29.4. The van der Waals surface area contributed by atoms with E-state index in [0.717, 1.165) is 51.4 Å². The van der Waals surface area contributed by atoms with Crippen molar-refractivity contribution in [3.8, 4) is 0 Å². The van der Waals surface area contributed by atoms with Crippen LogP contribution in [0.1, 0.15) is 181 Å². The minimum atomic E-state index is -0.776. The van der Waals surface area contributed by atoms with E-state index < -0.39 is 5.97 Å². The molecule has 0 bridgehead atoms. The van der Waals surface area contributed by atoms with E-state index in [1.54, 1.807) is 0 Å². The molecule has 4 nitrogen and oxygen atoms in total. The van der Waals surface area contributed by atoms with E-state index in [2.05, 4.69) is 68.5 Å². The highest BCUT2D eigenvalue weighted by Crippen LogP contribution is 2.15. The summed E-state index contributed by atoms with van der Waals surface area (Å²) in [6.07, 6.45) is 49.6. The fourth-order valence-electron chi connectivity index (χ4n) is 5.25. The first kappa shape index (κ1) is 42.6. The fourth-order valence-corrected chi connectivity index (χ4v) is 5.25. The van der Waals surface area contributed by atoms with Gasteiger partial charge in [-0.1, -0.05) is 165 Å². The number of ether oxygens (including phenoxy) is 1. The van der Waals surface area contributed by atoms with Crippen molar-refractivity contribution in [3.05, 3.63) is 60.8 Å². The zero-order valence-electron chi connectivity index (χ0n) is 29.4. The first-order chi connectivity index (χ1) is 22.1. The maximum absolute atomic E-state index is 12.5. The summed E-state index contributed by atoms with van der Waals surface area (Å²) in [5, 5.41) is 8.92. The molecule has 0 radical (unpaired) electrons. The monoisotopic (exact) mass is 627 g/mol. The molecule has 0 aliphatic heterocycles. The summed E-state index contributed by atoms with van der Waals surface area (Å²) < 4.78 is 5.78. The van der Waals surface area contributed by atoms with Gasteiger partial charge in [-0.25, -0.2) is 0 Å². The van der Waals surface area contributed by atoms with Crippen LogP contribution in [0.5, 0.6) is 0 Å². The molecule has 1 unspecified atom stereocenters. The van der Waals surface area contributed by atoms with Gasteiger partial charge >= 0.3 is 11.9 Å². The lowest BCUT2D eigenvalue weighted by atomic mass is 10.0. The van der Waals surface area contributed by atoms with Crippen molar-refractivity contribution in [2.45, 2.75) is 187 Å². The average molecular weight is 627 g/mol. The third-order valence-electron chi connectivity index (χ3n) is 7.99. The molecular weight excluding hydrogens is 556 g/mol. The van der Waals surface area contributed by atoms with Gasteiger partial charge < -0.3 is 9.84 Å². The molecule has 4 heteroatoms. The number of hydrogen-bond acceptors (Lipinski definition) is 3. The van der Waals surface area contributed by atoms with Gasteiger partial charge in [-0.05, 0) is 63.9 Å². The number of allylic oxidation sites excluding steroid dienone is 9. The summed E-state index contributed by atoms with van der Waals surface area (Å²) in [7, 11) is 0. The highest BCUT2D eigenvalue weighted by molar-refractivity contribution is 5.69. The quantitative estimate of drug-likeness (QED) is 0.0447. The standard InChI is InChI=1S/C41H70O4/c1-3-5-7-9-11-13-15-17-19-20-22-24-26-28-30-32-38-41(44)45-39(36-33-34-37-40(42)43)35-31-29-27-25-23-21-18-16-14-12-10-8-6-4-2/h6,8,12,14,18,21,25,27,31,35,39H,3-5,7,9-11,13,15-17,19-20,22-24,26,28-30,32-34,36-38H2,1-2H3,(H,42,43)/b8-6-,14-12-,21-18-,27-25-,35-31-. The van der Waals surface area contributed by atoms with Crippen LogP contribution in [0.25, 0.3) is 0 Å². The Morgan fingerprint density at radius 1 is 0.511 bits per heavy atom. The van der Waals surface area contributed by atoms with Crippen LogP contribution in [0.2, 0.25) is 0 Å². The molecule has 0 aliphatic rings. The number of carbonyl (C=O) groups is 2.